The molecule has 7 nitrogen and oxygen atoms in total. The summed E-state index contributed by atoms with van der Waals surface area (Å²) in [4.78, 5) is 24.2. The van der Waals surface area contributed by atoms with Crippen molar-refractivity contribution >= 4 is 11.9 Å². The van der Waals surface area contributed by atoms with Gasteiger partial charge in [0.2, 0.25) is 0 Å². The summed E-state index contributed by atoms with van der Waals surface area (Å²) < 4.78 is 1.38. The van der Waals surface area contributed by atoms with E-state index in [0.29, 0.717) is 5.69 Å². The van der Waals surface area contributed by atoms with E-state index in [-0.39, 0.29) is 13.0 Å². The highest BCUT2D eigenvalue weighted by atomic mass is 16.4. The number of likely N-dealkylation sites (tertiary alicyclic amines) is 1. The van der Waals surface area contributed by atoms with Crippen molar-refractivity contribution in [3.63, 3.8) is 0 Å². The Hall–Kier alpha value is -1.89. The topological polar surface area (TPSA) is 95.7 Å². The van der Waals surface area contributed by atoms with Crippen LogP contribution in [0, 0.1) is 0 Å². The summed E-state index contributed by atoms with van der Waals surface area (Å²) in [6, 6.07) is 0.554. The van der Waals surface area contributed by atoms with Crippen molar-refractivity contribution in [1.82, 2.24) is 14.7 Å². The second-order valence-electron chi connectivity index (χ2n) is 4.04. The van der Waals surface area contributed by atoms with Crippen molar-refractivity contribution in [2.24, 2.45) is 7.05 Å². The standard InChI is InChI=1S/C10H13N3O4/c1-12-7(2-3-11-12)9(15)13-5-6(14)4-8(13)10(16)17/h2-3,6,8,14H,4-5H2,1H3,(H,16,17)/t6?,8-/m0/s1. The molecule has 2 atom stereocenters. The molecule has 1 amide bonds. The number of aliphatic carboxylic acids is 1. The summed E-state index contributed by atoms with van der Waals surface area (Å²) >= 11 is 0. The van der Waals surface area contributed by atoms with Gasteiger partial charge in [-0.05, 0) is 6.07 Å². The van der Waals surface area contributed by atoms with Crippen molar-refractivity contribution < 1.29 is 19.8 Å². The third-order valence-electron chi connectivity index (χ3n) is 2.86. The van der Waals surface area contributed by atoms with Gasteiger partial charge in [-0.3, -0.25) is 9.48 Å². The molecule has 2 N–H and O–H groups in total. The third-order valence-corrected chi connectivity index (χ3v) is 2.86. The van der Waals surface area contributed by atoms with Gasteiger partial charge in [0.05, 0.1) is 6.10 Å². The molecule has 2 rings (SSSR count). The Kier molecular flexibility index (Phi) is 2.84. The molecule has 1 aromatic rings. The predicted molar refractivity (Wildman–Crippen MR) is 56.3 cm³/mol. The lowest BCUT2D eigenvalue weighted by Gasteiger charge is -2.20. The van der Waals surface area contributed by atoms with Gasteiger partial charge in [0.1, 0.15) is 11.7 Å². The summed E-state index contributed by atoms with van der Waals surface area (Å²) in [7, 11) is 1.61. The Labute approximate surface area is 97.3 Å². The van der Waals surface area contributed by atoms with Crippen molar-refractivity contribution in [2.75, 3.05) is 6.54 Å². The van der Waals surface area contributed by atoms with Crippen LogP contribution in [0.3, 0.4) is 0 Å². The first-order valence-corrected chi connectivity index (χ1v) is 5.20. The van der Waals surface area contributed by atoms with Crippen LogP contribution in [0.5, 0.6) is 0 Å². The van der Waals surface area contributed by atoms with E-state index in [0.717, 1.165) is 0 Å². The van der Waals surface area contributed by atoms with Crippen LogP contribution in [-0.2, 0) is 11.8 Å². The number of carbonyl (C=O) groups excluding carboxylic acids is 1. The fourth-order valence-corrected chi connectivity index (χ4v) is 2.00. The lowest BCUT2D eigenvalue weighted by atomic mass is 10.2. The molecule has 1 saturated heterocycles. The van der Waals surface area contributed by atoms with E-state index in [9.17, 15) is 14.7 Å². The zero-order valence-corrected chi connectivity index (χ0v) is 9.28. The monoisotopic (exact) mass is 239 g/mol. The van der Waals surface area contributed by atoms with Gasteiger partial charge in [-0.2, -0.15) is 5.10 Å². The van der Waals surface area contributed by atoms with Gasteiger partial charge in [-0.15, -0.1) is 0 Å². The Bertz CT molecular complexity index is 456. The number of aliphatic hydroxyl groups excluding tert-OH is 1. The predicted octanol–water partition coefficient (Wildman–Crippen LogP) is -0.920. The fourth-order valence-electron chi connectivity index (χ4n) is 2.00. The van der Waals surface area contributed by atoms with Crippen LogP contribution in [0.15, 0.2) is 12.3 Å². The minimum Gasteiger partial charge on any atom is -0.480 e. The number of rotatable bonds is 2. The first kappa shape index (κ1) is 11.6. The smallest absolute Gasteiger partial charge is 0.326 e. The van der Waals surface area contributed by atoms with Crippen molar-refractivity contribution in [3.05, 3.63) is 18.0 Å². The summed E-state index contributed by atoms with van der Waals surface area (Å²) in [5.74, 6) is -1.52. The molecule has 92 valence electrons. The average Bonchev–Trinajstić information content (AvgIpc) is 2.83. The number of hydrogen-bond acceptors (Lipinski definition) is 4. The minimum atomic E-state index is -1.10. The highest BCUT2D eigenvalue weighted by molar-refractivity contribution is 5.95. The molecule has 1 fully saturated rings. The van der Waals surface area contributed by atoms with Gasteiger partial charge in [-0.1, -0.05) is 0 Å². The zero-order chi connectivity index (χ0) is 12.6. The van der Waals surface area contributed by atoms with E-state index in [1.807, 2.05) is 0 Å². The number of carboxylic acids is 1. The molecular formula is C10H13N3O4. The Morgan fingerprint density at radius 3 is 2.76 bits per heavy atom. The molecule has 0 bridgehead atoms. The van der Waals surface area contributed by atoms with Gasteiger partial charge in [0.15, 0.2) is 0 Å². The summed E-state index contributed by atoms with van der Waals surface area (Å²) in [5.41, 5.74) is 0.311. The second kappa shape index (κ2) is 4.17. The largest absolute Gasteiger partial charge is 0.480 e. The van der Waals surface area contributed by atoms with E-state index < -0.39 is 24.0 Å². The van der Waals surface area contributed by atoms with E-state index in [2.05, 4.69) is 5.10 Å². The van der Waals surface area contributed by atoms with Gasteiger partial charge < -0.3 is 15.1 Å². The van der Waals surface area contributed by atoms with Gasteiger partial charge in [0, 0.05) is 26.2 Å². The van der Waals surface area contributed by atoms with Crippen LogP contribution in [0.4, 0.5) is 0 Å². The number of nitrogens with zero attached hydrogens (tertiary/aromatic N) is 3. The molecule has 0 aliphatic carbocycles. The number of aromatic nitrogens is 2. The quantitative estimate of drug-likeness (QED) is 0.696. The number of amides is 1. The van der Waals surface area contributed by atoms with Crippen LogP contribution in [-0.4, -0.2) is 55.5 Å². The molecule has 17 heavy (non-hydrogen) atoms. The Morgan fingerprint density at radius 2 is 2.24 bits per heavy atom. The lowest BCUT2D eigenvalue weighted by molar-refractivity contribution is -0.141. The van der Waals surface area contributed by atoms with Crippen LogP contribution in [0.25, 0.3) is 0 Å². The first-order valence-electron chi connectivity index (χ1n) is 5.20. The molecule has 1 unspecified atom stereocenters. The highest BCUT2D eigenvalue weighted by Crippen LogP contribution is 2.20. The number of carboxylic acid groups (broad SMARTS) is 1. The maximum Gasteiger partial charge on any atom is 0.326 e. The van der Waals surface area contributed by atoms with E-state index in [1.54, 1.807) is 7.05 Å². The number of hydrogen-bond donors (Lipinski definition) is 2. The average molecular weight is 239 g/mol. The van der Waals surface area contributed by atoms with Gasteiger partial charge >= 0.3 is 5.97 Å². The summed E-state index contributed by atoms with van der Waals surface area (Å²) in [5, 5.41) is 22.3. The van der Waals surface area contributed by atoms with Crippen LogP contribution in [0.1, 0.15) is 16.9 Å². The Balaban J connectivity index is 2.25. The maximum absolute atomic E-state index is 12.1. The van der Waals surface area contributed by atoms with Crippen molar-refractivity contribution in [2.45, 2.75) is 18.6 Å². The molecule has 1 aromatic heterocycles. The highest BCUT2D eigenvalue weighted by Gasteiger charge is 2.39. The van der Waals surface area contributed by atoms with E-state index >= 15 is 0 Å². The van der Waals surface area contributed by atoms with Crippen LogP contribution >= 0.6 is 0 Å². The van der Waals surface area contributed by atoms with E-state index in [4.69, 9.17) is 5.11 Å². The van der Waals surface area contributed by atoms with Gasteiger partial charge in [-0.25, -0.2) is 4.79 Å². The minimum absolute atomic E-state index is 0.0426. The fraction of sp³-hybridized carbons (Fsp3) is 0.500. The molecule has 1 aliphatic heterocycles. The zero-order valence-electron chi connectivity index (χ0n) is 9.28. The molecular weight excluding hydrogens is 226 g/mol. The molecule has 0 spiro atoms. The summed E-state index contributed by atoms with van der Waals surface area (Å²) in [6.07, 6.45) is 0.752. The molecule has 7 heteroatoms. The van der Waals surface area contributed by atoms with E-state index in [1.165, 1.54) is 21.8 Å². The molecule has 0 saturated carbocycles. The second-order valence-corrected chi connectivity index (χ2v) is 4.04. The number of carbonyl (C=O) groups is 2. The number of aryl methyl sites for hydroxylation is 1. The summed E-state index contributed by atoms with van der Waals surface area (Å²) in [6.45, 7) is 0.0426. The SMILES string of the molecule is Cn1nccc1C(=O)N1CC(O)C[C@H]1C(=O)O. The van der Waals surface area contributed by atoms with Crippen molar-refractivity contribution in [3.8, 4) is 0 Å². The molecule has 0 aromatic carbocycles. The Morgan fingerprint density at radius 1 is 1.53 bits per heavy atom. The first-order chi connectivity index (χ1) is 8.00. The van der Waals surface area contributed by atoms with Gasteiger partial charge in [0.25, 0.3) is 5.91 Å². The third kappa shape index (κ3) is 2.01. The number of β-amino-alcohol motifs (C(OH)–C–C–N with tert-alkyl or cyclic N) is 1. The number of aliphatic hydroxyl groups is 1. The van der Waals surface area contributed by atoms with Crippen LogP contribution in [0.2, 0.25) is 0 Å². The molecule has 1 aliphatic rings. The normalized spacial score (nSPS) is 24.0. The van der Waals surface area contributed by atoms with Crippen LogP contribution < -0.4 is 0 Å². The lowest BCUT2D eigenvalue weighted by Crippen LogP contribution is -2.41. The molecule has 0 radical (unpaired) electrons. The molecule has 2 heterocycles. The maximum atomic E-state index is 12.1. The van der Waals surface area contributed by atoms with Crippen molar-refractivity contribution in [1.29, 1.82) is 0 Å².